The molecule has 0 aliphatic carbocycles. The summed E-state index contributed by atoms with van der Waals surface area (Å²) in [6, 6.07) is 10.2. The number of rotatable bonds is 3. The van der Waals surface area contributed by atoms with Gasteiger partial charge in [0.2, 0.25) is 5.88 Å². The van der Waals surface area contributed by atoms with Crippen LogP contribution in [-0.4, -0.2) is 9.38 Å². The average molecular weight is 356 g/mol. The number of hydrogen-bond acceptors (Lipinski definition) is 2. The van der Waals surface area contributed by atoms with Gasteiger partial charge in [-0.3, -0.25) is 4.40 Å². The van der Waals surface area contributed by atoms with Crippen molar-refractivity contribution in [2.24, 2.45) is 0 Å². The molecule has 1 aromatic carbocycles. The normalized spacial score (nSPS) is 10.9. The first-order valence-corrected chi connectivity index (χ1v) is 7.34. The molecule has 0 radical (unpaired) electrons. The van der Waals surface area contributed by atoms with E-state index in [9.17, 15) is 4.39 Å². The number of pyridine rings is 1. The number of halogens is 3. The molecule has 0 saturated heterocycles. The van der Waals surface area contributed by atoms with Gasteiger partial charge in [0, 0.05) is 11.5 Å². The number of fused-ring (bicyclic) bond motifs is 1. The number of imidazole rings is 1. The van der Waals surface area contributed by atoms with Gasteiger partial charge in [0.1, 0.15) is 5.65 Å². The molecule has 0 aliphatic heterocycles. The molecule has 0 unspecified atom stereocenters. The Hall–Kier alpha value is -1.59. The highest BCUT2D eigenvalue weighted by Crippen LogP contribution is 2.31. The van der Waals surface area contributed by atoms with E-state index in [2.05, 4.69) is 20.9 Å². The van der Waals surface area contributed by atoms with E-state index >= 15 is 0 Å². The molecule has 0 amide bonds. The third-order valence-corrected chi connectivity index (χ3v) is 3.66. The molecule has 2 aromatic heterocycles. The Balaban J connectivity index is 2.08. The number of alkyl halides is 1. The van der Waals surface area contributed by atoms with E-state index < -0.39 is 5.82 Å². The summed E-state index contributed by atoms with van der Waals surface area (Å²) < 4.78 is 21.3. The molecule has 2 heterocycles. The van der Waals surface area contributed by atoms with Crippen LogP contribution in [0.5, 0.6) is 11.6 Å². The molecule has 3 nitrogen and oxygen atoms in total. The van der Waals surface area contributed by atoms with Crippen LogP contribution < -0.4 is 4.74 Å². The molecular formula is C14H9BrClFN2O. The number of ether oxygens (including phenoxy) is 1. The van der Waals surface area contributed by atoms with Crippen molar-refractivity contribution in [3.8, 4) is 11.6 Å². The maximum Gasteiger partial charge on any atom is 0.242 e. The zero-order valence-corrected chi connectivity index (χ0v) is 12.5. The van der Waals surface area contributed by atoms with Crippen LogP contribution >= 0.6 is 27.5 Å². The third kappa shape index (κ3) is 2.27. The van der Waals surface area contributed by atoms with Crippen molar-refractivity contribution in [3.05, 3.63) is 59.1 Å². The van der Waals surface area contributed by atoms with Crippen molar-refractivity contribution < 1.29 is 9.13 Å². The molecule has 0 spiro atoms. The molecule has 0 atom stereocenters. The lowest BCUT2D eigenvalue weighted by atomic mass is 10.3. The second-order valence-corrected chi connectivity index (χ2v) is 5.05. The van der Waals surface area contributed by atoms with E-state index in [1.54, 1.807) is 6.07 Å². The van der Waals surface area contributed by atoms with Gasteiger partial charge in [-0.25, -0.2) is 4.39 Å². The standard InChI is InChI=1S/C14H9BrClFN2O/c15-8-10-14(18-12-6-1-2-7-19(10)12)20-11-5-3-4-9(16)13(11)17/h1-7H,8H2. The molecule has 0 bridgehead atoms. The van der Waals surface area contributed by atoms with E-state index in [4.69, 9.17) is 16.3 Å². The van der Waals surface area contributed by atoms with Gasteiger partial charge < -0.3 is 4.74 Å². The Morgan fingerprint density at radius 1 is 1.25 bits per heavy atom. The van der Waals surface area contributed by atoms with E-state index in [-0.39, 0.29) is 10.8 Å². The fraction of sp³-hybridized carbons (Fsp3) is 0.0714. The van der Waals surface area contributed by atoms with Crippen molar-refractivity contribution in [2.75, 3.05) is 0 Å². The van der Waals surface area contributed by atoms with Gasteiger partial charge in [0.25, 0.3) is 0 Å². The minimum absolute atomic E-state index is 0.0201. The van der Waals surface area contributed by atoms with Crippen molar-refractivity contribution in [1.29, 1.82) is 0 Å². The maximum absolute atomic E-state index is 13.9. The van der Waals surface area contributed by atoms with E-state index in [1.807, 2.05) is 28.8 Å². The van der Waals surface area contributed by atoms with Gasteiger partial charge in [0.05, 0.1) is 10.7 Å². The molecular weight excluding hydrogens is 347 g/mol. The molecule has 0 saturated carbocycles. The summed E-state index contributed by atoms with van der Waals surface area (Å²) in [5, 5.41) is 0.557. The highest BCUT2D eigenvalue weighted by molar-refractivity contribution is 9.08. The van der Waals surface area contributed by atoms with Crippen molar-refractivity contribution in [3.63, 3.8) is 0 Å². The lowest BCUT2D eigenvalue weighted by molar-refractivity contribution is 0.427. The van der Waals surface area contributed by atoms with E-state index in [0.717, 1.165) is 11.3 Å². The van der Waals surface area contributed by atoms with E-state index in [0.29, 0.717) is 11.2 Å². The molecule has 0 N–H and O–H groups in total. The SMILES string of the molecule is Fc1c(Cl)cccc1Oc1nc2ccccn2c1CBr. The molecule has 20 heavy (non-hydrogen) atoms. The zero-order chi connectivity index (χ0) is 14.1. The predicted molar refractivity (Wildman–Crippen MR) is 79.3 cm³/mol. The molecule has 102 valence electrons. The molecule has 3 aromatic rings. The lowest BCUT2D eigenvalue weighted by Crippen LogP contribution is -1.93. The maximum atomic E-state index is 13.9. The summed E-state index contributed by atoms with van der Waals surface area (Å²) in [7, 11) is 0. The second kappa shape index (κ2) is 5.42. The topological polar surface area (TPSA) is 26.5 Å². The summed E-state index contributed by atoms with van der Waals surface area (Å²) in [5.41, 5.74) is 1.54. The molecule has 3 rings (SSSR count). The Morgan fingerprint density at radius 2 is 2.10 bits per heavy atom. The van der Waals surface area contributed by atoms with Crippen LogP contribution in [0.15, 0.2) is 42.6 Å². The highest BCUT2D eigenvalue weighted by atomic mass is 79.9. The number of nitrogens with zero attached hydrogens (tertiary/aromatic N) is 2. The van der Waals surface area contributed by atoms with Gasteiger partial charge >= 0.3 is 0 Å². The number of aromatic nitrogens is 2. The van der Waals surface area contributed by atoms with E-state index in [1.165, 1.54) is 12.1 Å². The Kier molecular flexibility index (Phi) is 3.63. The van der Waals surface area contributed by atoms with Crippen LogP contribution in [0.2, 0.25) is 5.02 Å². The second-order valence-electron chi connectivity index (χ2n) is 4.08. The van der Waals surface area contributed by atoms with Gasteiger partial charge in [-0.15, -0.1) is 0 Å². The monoisotopic (exact) mass is 354 g/mol. The fourth-order valence-electron chi connectivity index (χ4n) is 1.90. The first kappa shape index (κ1) is 13.4. The highest BCUT2D eigenvalue weighted by Gasteiger charge is 2.15. The predicted octanol–water partition coefficient (Wildman–Crippen LogP) is 4.81. The summed E-state index contributed by atoms with van der Waals surface area (Å²) in [4.78, 5) is 4.35. The summed E-state index contributed by atoms with van der Waals surface area (Å²) in [6.45, 7) is 0. The third-order valence-electron chi connectivity index (χ3n) is 2.84. The van der Waals surface area contributed by atoms with Crippen LogP contribution in [-0.2, 0) is 5.33 Å². The Bertz CT molecular complexity index is 775. The van der Waals surface area contributed by atoms with Crippen molar-refractivity contribution >= 4 is 33.2 Å². The molecule has 0 fully saturated rings. The minimum Gasteiger partial charge on any atom is -0.434 e. The van der Waals surface area contributed by atoms with Crippen molar-refractivity contribution in [2.45, 2.75) is 5.33 Å². The Labute approximate surface area is 128 Å². The average Bonchev–Trinajstić information content (AvgIpc) is 2.81. The number of hydrogen-bond donors (Lipinski definition) is 0. The quantitative estimate of drug-likeness (QED) is 0.630. The zero-order valence-electron chi connectivity index (χ0n) is 10.2. The Morgan fingerprint density at radius 3 is 2.90 bits per heavy atom. The van der Waals surface area contributed by atoms with Crippen LogP contribution in [0.4, 0.5) is 4.39 Å². The van der Waals surface area contributed by atoms with Crippen LogP contribution in [0.3, 0.4) is 0 Å². The van der Waals surface area contributed by atoms with Gasteiger partial charge in [-0.1, -0.05) is 39.7 Å². The van der Waals surface area contributed by atoms with Crippen LogP contribution in [0.25, 0.3) is 5.65 Å². The molecule has 6 heteroatoms. The molecule has 0 aliphatic rings. The first-order valence-electron chi connectivity index (χ1n) is 5.84. The van der Waals surface area contributed by atoms with Gasteiger partial charge in [-0.05, 0) is 24.3 Å². The van der Waals surface area contributed by atoms with Crippen LogP contribution in [0.1, 0.15) is 5.69 Å². The smallest absolute Gasteiger partial charge is 0.242 e. The lowest BCUT2D eigenvalue weighted by Gasteiger charge is -2.06. The van der Waals surface area contributed by atoms with Gasteiger partial charge in [-0.2, -0.15) is 4.98 Å². The van der Waals surface area contributed by atoms with Crippen LogP contribution in [0, 0.1) is 5.82 Å². The number of benzene rings is 1. The fourth-order valence-corrected chi connectivity index (χ4v) is 2.57. The minimum atomic E-state index is -0.591. The largest absolute Gasteiger partial charge is 0.434 e. The van der Waals surface area contributed by atoms with Gasteiger partial charge in [0.15, 0.2) is 11.6 Å². The summed E-state index contributed by atoms with van der Waals surface area (Å²) >= 11 is 9.14. The summed E-state index contributed by atoms with van der Waals surface area (Å²) in [5.74, 6) is -0.177. The van der Waals surface area contributed by atoms with Crippen molar-refractivity contribution in [1.82, 2.24) is 9.38 Å². The first-order chi connectivity index (χ1) is 9.70. The summed E-state index contributed by atoms with van der Waals surface area (Å²) in [6.07, 6.45) is 1.88.